The maximum Gasteiger partial charge on any atom is 0.324 e. The summed E-state index contributed by atoms with van der Waals surface area (Å²) in [5.41, 5.74) is 7.75. The van der Waals surface area contributed by atoms with Gasteiger partial charge in [-0.2, -0.15) is 0 Å². The molecule has 0 amide bonds. The van der Waals surface area contributed by atoms with Gasteiger partial charge < -0.3 is 4.65 Å². The van der Waals surface area contributed by atoms with Crippen LogP contribution in [0.3, 0.4) is 0 Å². The highest BCUT2D eigenvalue weighted by atomic mass is 16.4. The molecule has 2 aromatic carbocycles. The van der Waals surface area contributed by atoms with Crippen molar-refractivity contribution in [3.63, 3.8) is 0 Å². The molecule has 0 spiro atoms. The molecule has 1 heterocycles. The van der Waals surface area contributed by atoms with Crippen LogP contribution in [0.4, 0.5) is 0 Å². The normalized spacial score (nSPS) is 13.4. The van der Waals surface area contributed by atoms with E-state index >= 15 is 0 Å². The number of hydrogen-bond acceptors (Lipinski definition) is 2. The molecule has 0 saturated carbocycles. The first-order valence-electron chi connectivity index (χ1n) is 7.80. The molecule has 0 saturated heterocycles. The van der Waals surface area contributed by atoms with Crippen molar-refractivity contribution in [1.29, 1.82) is 0 Å². The second kappa shape index (κ2) is 5.73. The Balaban J connectivity index is 1.88. The zero-order valence-corrected chi connectivity index (χ0v) is 13.7. The summed E-state index contributed by atoms with van der Waals surface area (Å²) < 4.78 is 5.63. The van der Waals surface area contributed by atoms with Crippen LogP contribution in [0.1, 0.15) is 38.2 Å². The molecular formula is C19H21BO2. The van der Waals surface area contributed by atoms with Gasteiger partial charge in [0.15, 0.2) is 5.78 Å². The number of hydrogen-bond donors (Lipinski definition) is 0. The van der Waals surface area contributed by atoms with Gasteiger partial charge in [0.2, 0.25) is 0 Å². The fourth-order valence-electron chi connectivity index (χ4n) is 3.46. The molecule has 0 unspecified atom stereocenters. The molecule has 112 valence electrons. The van der Waals surface area contributed by atoms with Crippen molar-refractivity contribution in [2.45, 2.75) is 40.6 Å². The number of ketones is 1. The Morgan fingerprint density at radius 1 is 1.14 bits per heavy atom. The summed E-state index contributed by atoms with van der Waals surface area (Å²) in [5.74, 6) is 0.196. The third kappa shape index (κ3) is 2.73. The van der Waals surface area contributed by atoms with E-state index in [1.165, 1.54) is 16.6 Å². The highest BCUT2D eigenvalue weighted by molar-refractivity contribution is 6.67. The number of carbonyl (C=O) groups is 1. The maximum atomic E-state index is 12.7. The molecule has 0 radical (unpaired) electrons. The molecule has 0 N–H and O–H groups in total. The van der Waals surface area contributed by atoms with Crippen LogP contribution in [0.25, 0.3) is 0 Å². The van der Waals surface area contributed by atoms with Crippen molar-refractivity contribution < 1.29 is 9.45 Å². The Bertz CT molecular complexity index is 726. The summed E-state index contributed by atoms with van der Waals surface area (Å²) in [5, 5.41) is 0. The van der Waals surface area contributed by atoms with Gasteiger partial charge in [-0.25, -0.2) is 0 Å². The van der Waals surface area contributed by atoms with E-state index in [1.54, 1.807) is 0 Å². The molecule has 2 nitrogen and oxygen atoms in total. The minimum Gasteiger partial charge on any atom is -0.427 e. The Kier molecular flexibility index (Phi) is 3.92. The zero-order chi connectivity index (χ0) is 15.9. The van der Waals surface area contributed by atoms with Crippen LogP contribution in [-0.4, -0.2) is 12.7 Å². The van der Waals surface area contributed by atoms with Crippen molar-refractivity contribution in [2.75, 3.05) is 0 Å². The lowest BCUT2D eigenvalue weighted by atomic mass is 9.64. The van der Waals surface area contributed by atoms with Gasteiger partial charge in [0.05, 0.1) is 6.61 Å². The van der Waals surface area contributed by atoms with Gasteiger partial charge in [-0.1, -0.05) is 42.7 Å². The predicted molar refractivity (Wildman–Crippen MR) is 91.2 cm³/mol. The van der Waals surface area contributed by atoms with Crippen LogP contribution in [0.2, 0.25) is 6.82 Å². The third-order valence-corrected chi connectivity index (χ3v) is 4.46. The lowest BCUT2D eigenvalue weighted by Gasteiger charge is -2.11. The van der Waals surface area contributed by atoms with E-state index in [-0.39, 0.29) is 12.7 Å². The molecule has 1 aliphatic rings. The lowest BCUT2D eigenvalue weighted by molar-refractivity contribution is 0.0992. The van der Waals surface area contributed by atoms with Gasteiger partial charge in [0.1, 0.15) is 0 Å². The first kappa shape index (κ1) is 15.0. The average Bonchev–Trinajstić information content (AvgIpc) is 2.79. The predicted octanol–water partition coefficient (Wildman–Crippen LogP) is 3.40. The summed E-state index contributed by atoms with van der Waals surface area (Å²) in [6, 6.07) is 10.4. The van der Waals surface area contributed by atoms with E-state index in [4.69, 9.17) is 4.65 Å². The molecule has 22 heavy (non-hydrogen) atoms. The van der Waals surface area contributed by atoms with E-state index in [0.717, 1.165) is 22.3 Å². The third-order valence-electron chi connectivity index (χ3n) is 4.46. The van der Waals surface area contributed by atoms with E-state index in [2.05, 4.69) is 44.1 Å². The monoisotopic (exact) mass is 292 g/mol. The topological polar surface area (TPSA) is 26.3 Å². The Morgan fingerprint density at radius 3 is 2.50 bits per heavy atom. The zero-order valence-electron chi connectivity index (χ0n) is 13.7. The first-order chi connectivity index (χ1) is 10.5. The number of rotatable bonds is 3. The van der Waals surface area contributed by atoms with E-state index in [9.17, 15) is 4.79 Å². The van der Waals surface area contributed by atoms with Crippen LogP contribution < -0.4 is 5.46 Å². The second-order valence-corrected chi connectivity index (χ2v) is 6.36. The molecule has 3 heteroatoms. The molecule has 0 aromatic heterocycles. The van der Waals surface area contributed by atoms with Gasteiger partial charge in [0, 0.05) is 12.0 Å². The number of fused-ring (bicyclic) bond motifs is 1. The lowest BCUT2D eigenvalue weighted by Crippen LogP contribution is -2.25. The van der Waals surface area contributed by atoms with E-state index in [1.807, 2.05) is 13.8 Å². The molecule has 0 aliphatic carbocycles. The summed E-state index contributed by atoms with van der Waals surface area (Å²) in [6.45, 7) is 8.98. The number of Topliss-reactive ketones (excluding diaryl/α,β-unsaturated/α-hetero) is 1. The van der Waals surface area contributed by atoms with Gasteiger partial charge in [0.25, 0.3) is 0 Å². The van der Waals surface area contributed by atoms with Crippen LogP contribution in [-0.2, 0) is 17.7 Å². The highest BCUT2D eigenvalue weighted by Gasteiger charge is 2.23. The quantitative estimate of drug-likeness (QED) is 0.640. The molecule has 0 bridgehead atoms. The van der Waals surface area contributed by atoms with Crippen molar-refractivity contribution in [2.24, 2.45) is 0 Å². The fraction of sp³-hybridized carbons (Fsp3) is 0.316. The van der Waals surface area contributed by atoms with Crippen LogP contribution >= 0.6 is 0 Å². The molecule has 3 rings (SSSR count). The van der Waals surface area contributed by atoms with Crippen molar-refractivity contribution >= 4 is 18.2 Å². The largest absolute Gasteiger partial charge is 0.427 e. The average molecular weight is 292 g/mol. The Morgan fingerprint density at radius 2 is 1.82 bits per heavy atom. The smallest absolute Gasteiger partial charge is 0.324 e. The first-order valence-corrected chi connectivity index (χ1v) is 7.80. The summed E-state index contributed by atoms with van der Waals surface area (Å²) in [7, 11) is 0. The minimum absolute atomic E-state index is 0.132. The molecule has 0 atom stereocenters. The van der Waals surface area contributed by atoms with Crippen LogP contribution in [0, 0.1) is 20.8 Å². The van der Waals surface area contributed by atoms with Crippen molar-refractivity contribution in [1.82, 2.24) is 0 Å². The summed E-state index contributed by atoms with van der Waals surface area (Å²) >= 11 is 0. The highest BCUT2D eigenvalue weighted by Crippen LogP contribution is 2.20. The number of carbonyl (C=O) groups excluding carboxylic acids is 1. The number of aryl methyl sites for hydroxylation is 3. The SMILES string of the molecule is CB1OCc2ccc(CC(=O)c3c(C)cc(C)cc3C)cc21. The van der Waals surface area contributed by atoms with Crippen molar-refractivity contribution in [3.05, 3.63) is 63.7 Å². The molecule has 1 aliphatic heterocycles. The molecular weight excluding hydrogens is 271 g/mol. The number of benzene rings is 2. The summed E-state index contributed by atoms with van der Waals surface area (Å²) in [4.78, 5) is 12.7. The van der Waals surface area contributed by atoms with Crippen LogP contribution in [0.15, 0.2) is 30.3 Å². The Hall–Kier alpha value is -1.87. The van der Waals surface area contributed by atoms with Gasteiger partial charge in [-0.15, -0.1) is 0 Å². The fourth-order valence-corrected chi connectivity index (χ4v) is 3.46. The molecule has 2 aromatic rings. The van der Waals surface area contributed by atoms with Gasteiger partial charge in [-0.3, -0.25) is 4.79 Å². The van der Waals surface area contributed by atoms with Crippen molar-refractivity contribution in [3.8, 4) is 0 Å². The minimum atomic E-state index is 0.132. The van der Waals surface area contributed by atoms with Gasteiger partial charge >= 0.3 is 6.92 Å². The molecule has 0 fully saturated rings. The van der Waals surface area contributed by atoms with Crippen LogP contribution in [0.5, 0.6) is 0 Å². The van der Waals surface area contributed by atoms with E-state index < -0.39 is 0 Å². The van der Waals surface area contributed by atoms with Gasteiger partial charge in [-0.05, 0) is 48.5 Å². The standard InChI is InChI=1S/C19H21BO2/c1-12-7-13(2)19(14(3)8-12)18(21)10-15-5-6-16-11-22-20(4)17(16)9-15/h5-9H,10-11H2,1-4H3. The van der Waals surface area contributed by atoms with E-state index in [0.29, 0.717) is 13.0 Å². The summed E-state index contributed by atoms with van der Waals surface area (Å²) in [6.07, 6.45) is 0.449. The second-order valence-electron chi connectivity index (χ2n) is 6.36. The maximum absolute atomic E-state index is 12.7. The Labute approximate surface area is 132 Å².